The van der Waals surface area contributed by atoms with Gasteiger partial charge in [-0.15, -0.1) is 0 Å². The van der Waals surface area contributed by atoms with E-state index in [1.807, 2.05) is 24.3 Å². The Balaban J connectivity index is 2.25. The van der Waals surface area contributed by atoms with Crippen molar-refractivity contribution in [2.45, 2.75) is 0 Å². The molecule has 2 aliphatic carbocycles. The second-order valence-corrected chi connectivity index (χ2v) is 3.41. The third kappa shape index (κ3) is 1.31. The van der Waals surface area contributed by atoms with Gasteiger partial charge in [0.1, 0.15) is 12.0 Å². The first-order chi connectivity index (χ1) is 7.45. The van der Waals surface area contributed by atoms with Crippen LogP contribution < -0.4 is 0 Å². The summed E-state index contributed by atoms with van der Waals surface area (Å²) in [6.45, 7) is 0. The lowest BCUT2D eigenvalue weighted by molar-refractivity contribution is 0.422. The standard InChI is InChI=1S/C13H9NO/c1-2-4-10-6-7-12(11(10)5-3-1)13-8-9-15-14-13/h1-9H. The van der Waals surface area contributed by atoms with Crippen molar-refractivity contribution in [1.82, 2.24) is 5.16 Å². The average Bonchev–Trinajstić information content (AvgIpc) is 2.83. The van der Waals surface area contributed by atoms with Gasteiger partial charge in [0.25, 0.3) is 0 Å². The van der Waals surface area contributed by atoms with Crippen molar-refractivity contribution >= 4 is 0 Å². The van der Waals surface area contributed by atoms with Crippen LogP contribution in [0.4, 0.5) is 0 Å². The summed E-state index contributed by atoms with van der Waals surface area (Å²) >= 11 is 0. The van der Waals surface area contributed by atoms with E-state index >= 15 is 0 Å². The third-order valence-electron chi connectivity index (χ3n) is 2.51. The van der Waals surface area contributed by atoms with Gasteiger partial charge in [-0.3, -0.25) is 0 Å². The zero-order chi connectivity index (χ0) is 10.1. The predicted octanol–water partition coefficient (Wildman–Crippen LogP) is 3.45. The van der Waals surface area contributed by atoms with Crippen molar-refractivity contribution in [3.8, 4) is 22.4 Å². The number of rotatable bonds is 1. The van der Waals surface area contributed by atoms with Gasteiger partial charge >= 0.3 is 0 Å². The third-order valence-corrected chi connectivity index (χ3v) is 2.51. The molecule has 1 aromatic rings. The molecule has 2 heteroatoms. The molecule has 0 N–H and O–H groups in total. The number of fused-ring (bicyclic) bond motifs is 1. The second-order valence-electron chi connectivity index (χ2n) is 3.41. The van der Waals surface area contributed by atoms with Crippen LogP contribution >= 0.6 is 0 Å². The van der Waals surface area contributed by atoms with Gasteiger partial charge in [0, 0.05) is 11.6 Å². The fourth-order valence-corrected chi connectivity index (χ4v) is 1.79. The van der Waals surface area contributed by atoms with Crippen LogP contribution in [0.5, 0.6) is 0 Å². The molecule has 2 nitrogen and oxygen atoms in total. The van der Waals surface area contributed by atoms with Crippen LogP contribution in [0.15, 0.2) is 59.3 Å². The van der Waals surface area contributed by atoms with Crippen molar-refractivity contribution in [3.05, 3.63) is 54.8 Å². The molecule has 0 amide bonds. The van der Waals surface area contributed by atoms with E-state index in [0.717, 1.165) is 11.3 Å². The highest BCUT2D eigenvalue weighted by Gasteiger charge is 2.10. The highest BCUT2D eigenvalue weighted by molar-refractivity contribution is 5.84. The SMILES string of the molecule is c1ccc2ccc(-c3ccon3)c-2cc1. The maximum atomic E-state index is 4.86. The number of hydrogen-bond donors (Lipinski definition) is 0. The van der Waals surface area contributed by atoms with Gasteiger partial charge in [0.2, 0.25) is 0 Å². The largest absolute Gasteiger partial charge is 0.364 e. The van der Waals surface area contributed by atoms with Crippen LogP contribution in [0.2, 0.25) is 0 Å². The summed E-state index contributed by atoms with van der Waals surface area (Å²) in [4.78, 5) is 0. The summed E-state index contributed by atoms with van der Waals surface area (Å²) in [6, 6.07) is 16.3. The maximum absolute atomic E-state index is 4.86. The Bertz CT molecular complexity index is 542. The fraction of sp³-hybridized carbons (Fsp3) is 0. The quantitative estimate of drug-likeness (QED) is 0.594. The smallest absolute Gasteiger partial charge is 0.124 e. The van der Waals surface area contributed by atoms with Gasteiger partial charge in [-0.25, -0.2) is 0 Å². The van der Waals surface area contributed by atoms with Crippen molar-refractivity contribution < 1.29 is 4.52 Å². The lowest BCUT2D eigenvalue weighted by Gasteiger charge is -1.95. The van der Waals surface area contributed by atoms with Gasteiger partial charge < -0.3 is 4.52 Å². The first-order valence-corrected chi connectivity index (χ1v) is 4.84. The Hall–Kier alpha value is -2.09. The fourth-order valence-electron chi connectivity index (χ4n) is 1.79. The normalized spacial score (nSPS) is 10.7. The van der Waals surface area contributed by atoms with Crippen LogP contribution in [-0.4, -0.2) is 5.16 Å². The summed E-state index contributed by atoms with van der Waals surface area (Å²) in [5.74, 6) is 0. The first kappa shape index (κ1) is 8.24. The van der Waals surface area contributed by atoms with Crippen LogP contribution in [0.3, 0.4) is 0 Å². The van der Waals surface area contributed by atoms with Crippen LogP contribution in [0.1, 0.15) is 0 Å². The minimum atomic E-state index is 0.885. The van der Waals surface area contributed by atoms with Crippen LogP contribution in [0.25, 0.3) is 22.4 Å². The Labute approximate surface area is 87.5 Å². The van der Waals surface area contributed by atoms with Crippen LogP contribution in [-0.2, 0) is 0 Å². The summed E-state index contributed by atoms with van der Waals surface area (Å²) in [5.41, 5.74) is 4.43. The van der Waals surface area contributed by atoms with E-state index in [-0.39, 0.29) is 0 Å². The zero-order valence-corrected chi connectivity index (χ0v) is 8.05. The number of aromatic nitrogens is 1. The molecule has 0 fully saturated rings. The minimum Gasteiger partial charge on any atom is -0.364 e. The van der Waals surface area contributed by atoms with E-state index in [9.17, 15) is 0 Å². The van der Waals surface area contributed by atoms with Crippen molar-refractivity contribution in [2.24, 2.45) is 0 Å². The average molecular weight is 195 g/mol. The molecule has 0 aromatic carbocycles. The molecule has 0 aliphatic heterocycles. The topological polar surface area (TPSA) is 26.0 Å². The maximum Gasteiger partial charge on any atom is 0.124 e. The molecule has 0 atom stereocenters. The van der Waals surface area contributed by atoms with E-state index < -0.39 is 0 Å². The first-order valence-electron chi connectivity index (χ1n) is 4.84. The van der Waals surface area contributed by atoms with E-state index in [2.05, 4.69) is 29.4 Å². The van der Waals surface area contributed by atoms with E-state index in [1.54, 1.807) is 6.26 Å². The lowest BCUT2D eigenvalue weighted by atomic mass is 10.1. The Morgan fingerprint density at radius 1 is 0.800 bits per heavy atom. The van der Waals surface area contributed by atoms with Crippen molar-refractivity contribution in [3.63, 3.8) is 0 Å². The van der Waals surface area contributed by atoms with Gasteiger partial charge in [0.05, 0.1) is 0 Å². The zero-order valence-electron chi connectivity index (χ0n) is 8.05. The molecule has 72 valence electrons. The Kier molecular flexibility index (Phi) is 1.78. The van der Waals surface area contributed by atoms with Gasteiger partial charge in [-0.1, -0.05) is 47.6 Å². The Morgan fingerprint density at radius 2 is 1.73 bits per heavy atom. The molecule has 0 radical (unpaired) electrons. The number of nitrogens with zero attached hydrogens (tertiary/aromatic N) is 1. The monoisotopic (exact) mass is 195 g/mol. The van der Waals surface area contributed by atoms with Crippen molar-refractivity contribution in [2.75, 3.05) is 0 Å². The molecule has 0 bridgehead atoms. The van der Waals surface area contributed by atoms with Gasteiger partial charge in [-0.2, -0.15) is 0 Å². The van der Waals surface area contributed by atoms with E-state index in [0.29, 0.717) is 0 Å². The van der Waals surface area contributed by atoms with Gasteiger partial charge in [-0.05, 0) is 11.1 Å². The molecule has 3 rings (SSSR count). The summed E-state index contributed by atoms with van der Waals surface area (Å²) in [6.07, 6.45) is 1.59. The second kappa shape index (κ2) is 3.24. The van der Waals surface area contributed by atoms with Crippen molar-refractivity contribution in [1.29, 1.82) is 0 Å². The lowest BCUT2D eigenvalue weighted by Crippen LogP contribution is -1.75. The van der Waals surface area contributed by atoms with E-state index in [1.165, 1.54) is 11.1 Å². The summed E-state index contributed by atoms with van der Waals surface area (Å²) in [5, 5.41) is 3.95. The van der Waals surface area contributed by atoms with Crippen LogP contribution in [0, 0.1) is 0 Å². The molecule has 0 saturated carbocycles. The molecule has 1 heterocycles. The number of hydrogen-bond acceptors (Lipinski definition) is 2. The summed E-state index contributed by atoms with van der Waals surface area (Å²) in [7, 11) is 0. The van der Waals surface area contributed by atoms with E-state index in [4.69, 9.17) is 4.52 Å². The molecule has 0 saturated heterocycles. The highest BCUT2D eigenvalue weighted by Crippen LogP contribution is 2.33. The molecule has 15 heavy (non-hydrogen) atoms. The molecule has 0 unspecified atom stereocenters. The Morgan fingerprint density at radius 3 is 2.60 bits per heavy atom. The summed E-state index contributed by atoms with van der Waals surface area (Å²) < 4.78 is 4.86. The minimum absolute atomic E-state index is 0.885. The molecular formula is C13H9NO. The highest BCUT2D eigenvalue weighted by atomic mass is 16.5. The molecule has 1 aromatic heterocycles. The molecular weight excluding hydrogens is 186 g/mol. The predicted molar refractivity (Wildman–Crippen MR) is 58.6 cm³/mol. The van der Waals surface area contributed by atoms with Gasteiger partial charge in [0.15, 0.2) is 0 Å². The molecule has 2 aliphatic rings. The molecule has 0 spiro atoms.